The zero-order valence-electron chi connectivity index (χ0n) is 17.9. The molecule has 2 aromatic carbocycles. The largest absolute Gasteiger partial charge is 0.468 e. The summed E-state index contributed by atoms with van der Waals surface area (Å²) in [6.07, 6.45) is 0.698. The highest BCUT2D eigenvalue weighted by atomic mass is 35.5. The summed E-state index contributed by atoms with van der Waals surface area (Å²) in [6, 6.07) is 8.37. The molecule has 0 unspecified atom stereocenters. The minimum Gasteiger partial charge on any atom is -0.468 e. The van der Waals surface area contributed by atoms with E-state index < -0.39 is 32.2 Å². The minimum absolute atomic E-state index is 0.00722. The summed E-state index contributed by atoms with van der Waals surface area (Å²) in [7, 11) is -2.93. The maximum atomic E-state index is 14.9. The van der Waals surface area contributed by atoms with E-state index in [1.54, 1.807) is 0 Å². The highest BCUT2D eigenvalue weighted by molar-refractivity contribution is 7.92. The molecule has 0 radical (unpaired) electrons. The number of nitrogens with one attached hydrogen (secondary N) is 1. The molecule has 1 fully saturated rings. The molecule has 178 valence electrons. The number of rotatable bonds is 7. The van der Waals surface area contributed by atoms with Crippen LogP contribution in [0.1, 0.15) is 37.7 Å². The molecule has 33 heavy (non-hydrogen) atoms. The molecule has 0 aromatic heterocycles. The fourth-order valence-electron chi connectivity index (χ4n) is 4.29. The van der Waals surface area contributed by atoms with Gasteiger partial charge >= 0.3 is 5.97 Å². The molecule has 0 bridgehead atoms. The van der Waals surface area contributed by atoms with Gasteiger partial charge in [-0.3, -0.25) is 9.59 Å². The molecular weight excluding hydrogens is 476 g/mol. The van der Waals surface area contributed by atoms with Gasteiger partial charge in [0.05, 0.1) is 12.0 Å². The monoisotopic (exact) mass is 499 g/mol. The molecule has 6 nitrogen and oxygen atoms in total. The van der Waals surface area contributed by atoms with Crippen molar-refractivity contribution in [1.29, 1.82) is 0 Å². The number of carbonyl (C=O) groups excluding carboxylic acids is 2. The number of hydrogen-bond donors (Lipinski definition) is 1. The van der Waals surface area contributed by atoms with Crippen molar-refractivity contribution >= 4 is 33.3 Å². The van der Waals surface area contributed by atoms with Crippen molar-refractivity contribution in [2.75, 3.05) is 13.7 Å². The number of hydrogen-bond acceptors (Lipinski definition) is 5. The van der Waals surface area contributed by atoms with E-state index in [0.29, 0.717) is 17.9 Å². The number of halogens is 3. The van der Waals surface area contributed by atoms with E-state index >= 15 is 0 Å². The van der Waals surface area contributed by atoms with E-state index in [2.05, 4.69) is 10.1 Å². The maximum Gasteiger partial charge on any atom is 0.325 e. The summed E-state index contributed by atoms with van der Waals surface area (Å²) in [5, 5.41) is 2.81. The van der Waals surface area contributed by atoms with Crippen LogP contribution in [0.15, 0.2) is 47.4 Å². The predicted octanol–water partition coefficient (Wildman–Crippen LogP) is 4.16. The Morgan fingerprint density at radius 1 is 1.12 bits per heavy atom. The molecule has 1 amide bonds. The molecule has 0 aliphatic heterocycles. The summed E-state index contributed by atoms with van der Waals surface area (Å²) in [5.41, 5.74) is -0.217. The molecule has 1 aliphatic rings. The Labute approximate surface area is 196 Å². The topological polar surface area (TPSA) is 89.5 Å². The van der Waals surface area contributed by atoms with Crippen LogP contribution in [0.25, 0.3) is 0 Å². The lowest BCUT2D eigenvalue weighted by molar-refractivity contribution is -0.141. The van der Waals surface area contributed by atoms with Crippen molar-refractivity contribution < 1.29 is 31.5 Å². The zero-order chi connectivity index (χ0) is 24.2. The first-order valence-electron chi connectivity index (χ1n) is 10.4. The molecule has 1 saturated carbocycles. The molecule has 1 N–H and O–H groups in total. The van der Waals surface area contributed by atoms with Crippen LogP contribution in [0.4, 0.5) is 8.78 Å². The second-order valence-corrected chi connectivity index (χ2v) is 10.8. The normalized spacial score (nSPS) is 20.8. The zero-order valence-corrected chi connectivity index (χ0v) is 19.5. The van der Waals surface area contributed by atoms with Crippen molar-refractivity contribution in [3.8, 4) is 0 Å². The lowest BCUT2D eigenvalue weighted by Crippen LogP contribution is -2.41. The molecule has 0 atom stereocenters. The van der Waals surface area contributed by atoms with Gasteiger partial charge in [0.15, 0.2) is 9.84 Å². The summed E-state index contributed by atoms with van der Waals surface area (Å²) >= 11 is 5.90. The van der Waals surface area contributed by atoms with Crippen LogP contribution in [0.2, 0.25) is 5.02 Å². The average molecular weight is 500 g/mol. The summed E-state index contributed by atoms with van der Waals surface area (Å²) in [6.45, 7) is -0.258. The average Bonchev–Trinajstić information content (AvgIpc) is 2.80. The Hall–Kier alpha value is -2.52. The van der Waals surface area contributed by atoms with Gasteiger partial charge in [-0.15, -0.1) is 0 Å². The number of methoxy groups -OCH3 is 1. The van der Waals surface area contributed by atoms with Crippen LogP contribution >= 0.6 is 11.6 Å². The highest BCUT2D eigenvalue weighted by Gasteiger charge is 2.50. The number of carbonyl (C=O) groups is 2. The van der Waals surface area contributed by atoms with Gasteiger partial charge in [0.2, 0.25) is 5.91 Å². The Bertz CT molecular complexity index is 1130. The summed E-state index contributed by atoms with van der Waals surface area (Å²) in [4.78, 5) is 23.3. The molecule has 0 spiro atoms. The number of esters is 1. The lowest BCUT2D eigenvalue weighted by atomic mass is 9.76. The van der Waals surface area contributed by atoms with Crippen molar-refractivity contribution in [3.05, 3.63) is 64.7 Å². The Balaban J connectivity index is 1.90. The van der Waals surface area contributed by atoms with E-state index in [1.807, 2.05) is 0 Å². The SMILES string of the molecule is COC(=O)CNC(=O)C[C@H]1CC[C@@](c2cc(F)ccc2F)(S(=O)(=O)c2ccc(Cl)cc2)CC1. The van der Waals surface area contributed by atoms with Crippen molar-refractivity contribution in [2.24, 2.45) is 5.92 Å². The Morgan fingerprint density at radius 2 is 1.76 bits per heavy atom. The fraction of sp³-hybridized carbons (Fsp3) is 0.391. The van der Waals surface area contributed by atoms with Gasteiger partial charge in [-0.25, -0.2) is 17.2 Å². The van der Waals surface area contributed by atoms with E-state index in [9.17, 15) is 26.8 Å². The van der Waals surface area contributed by atoms with E-state index in [4.69, 9.17) is 11.6 Å². The van der Waals surface area contributed by atoms with Gasteiger partial charge in [0.1, 0.15) is 22.9 Å². The van der Waals surface area contributed by atoms with Crippen LogP contribution in [-0.4, -0.2) is 33.9 Å². The van der Waals surface area contributed by atoms with Crippen LogP contribution in [0.5, 0.6) is 0 Å². The van der Waals surface area contributed by atoms with E-state index in [1.165, 1.54) is 31.4 Å². The molecular formula is C23H24ClF2NO5S. The molecule has 0 heterocycles. The smallest absolute Gasteiger partial charge is 0.325 e. The Kier molecular flexibility index (Phi) is 7.74. The fourth-order valence-corrected chi connectivity index (χ4v) is 6.58. The second kappa shape index (κ2) is 10.2. The molecule has 1 aliphatic carbocycles. The van der Waals surface area contributed by atoms with Crippen LogP contribution in [0.3, 0.4) is 0 Å². The first kappa shape index (κ1) is 25.1. The molecule has 0 saturated heterocycles. The van der Waals surface area contributed by atoms with E-state index in [0.717, 1.165) is 18.2 Å². The third-order valence-electron chi connectivity index (χ3n) is 6.10. The van der Waals surface area contributed by atoms with Crippen molar-refractivity contribution in [3.63, 3.8) is 0 Å². The predicted molar refractivity (Wildman–Crippen MR) is 118 cm³/mol. The molecule has 10 heteroatoms. The van der Waals surface area contributed by atoms with Crippen LogP contribution < -0.4 is 5.32 Å². The lowest BCUT2D eigenvalue weighted by Gasteiger charge is -2.40. The number of sulfone groups is 1. The molecule has 2 aromatic rings. The van der Waals surface area contributed by atoms with Gasteiger partial charge in [0, 0.05) is 17.0 Å². The number of benzene rings is 2. The summed E-state index contributed by atoms with van der Waals surface area (Å²) in [5.74, 6) is -2.66. The molecule has 3 rings (SSSR count). The maximum absolute atomic E-state index is 14.9. The summed E-state index contributed by atoms with van der Waals surface area (Å²) < 4.78 is 59.3. The third-order valence-corrected chi connectivity index (χ3v) is 8.90. The van der Waals surface area contributed by atoms with Gasteiger partial charge in [0.25, 0.3) is 0 Å². The third kappa shape index (κ3) is 5.35. The first-order chi connectivity index (χ1) is 15.6. The first-order valence-corrected chi connectivity index (χ1v) is 12.2. The minimum atomic E-state index is -4.14. The Morgan fingerprint density at radius 3 is 2.36 bits per heavy atom. The number of amides is 1. The second-order valence-electron chi connectivity index (χ2n) is 8.08. The van der Waals surface area contributed by atoms with Crippen molar-refractivity contribution in [2.45, 2.75) is 41.7 Å². The van der Waals surface area contributed by atoms with Crippen LogP contribution in [-0.2, 0) is 28.9 Å². The van der Waals surface area contributed by atoms with E-state index in [-0.39, 0.29) is 48.1 Å². The highest BCUT2D eigenvalue weighted by Crippen LogP contribution is 2.49. The quantitative estimate of drug-likeness (QED) is 0.578. The van der Waals surface area contributed by atoms with Gasteiger partial charge in [-0.05, 0) is 74.1 Å². The number of ether oxygens (including phenoxy) is 1. The standard InChI is InChI=1S/C23H24ClF2NO5S/c1-32-22(29)14-27-21(28)12-15-8-10-23(11-9-15,19-13-17(25)4-7-20(19)26)33(30,31)18-5-2-16(24)3-6-18/h2-7,13,15H,8-12,14H2,1H3,(H,27,28)/t15-,23+. The van der Waals surface area contributed by atoms with Gasteiger partial charge < -0.3 is 10.1 Å². The van der Waals surface area contributed by atoms with Crippen molar-refractivity contribution in [1.82, 2.24) is 5.32 Å². The van der Waals surface area contributed by atoms with Gasteiger partial charge in [-0.2, -0.15) is 0 Å². The van der Waals surface area contributed by atoms with Crippen LogP contribution in [0, 0.1) is 17.6 Å². The van der Waals surface area contributed by atoms with Gasteiger partial charge in [-0.1, -0.05) is 11.6 Å².